The van der Waals surface area contributed by atoms with Gasteiger partial charge in [-0.05, 0) is 45.2 Å². The smallest absolute Gasteiger partial charge is 0.305 e. The zero-order chi connectivity index (χ0) is 15.6. The summed E-state index contributed by atoms with van der Waals surface area (Å²) >= 11 is 0. The number of rotatable bonds is 16. The second kappa shape index (κ2) is 17.2. The van der Waals surface area contributed by atoms with Gasteiger partial charge in [0.25, 0.3) is 0 Å². The van der Waals surface area contributed by atoms with E-state index in [2.05, 4.69) is 12.2 Å². The molecule has 0 bridgehead atoms. The Labute approximate surface area is 130 Å². The standard InChI is InChI=1S/C17H33NO3/c1-2-3-11-16-21-17(20)12-7-6-9-14-18-13-8-4-5-10-15-19/h15,18H,2-14,16H2,1H3. The molecule has 4 nitrogen and oxygen atoms in total. The summed E-state index contributed by atoms with van der Waals surface area (Å²) in [7, 11) is 0. The van der Waals surface area contributed by atoms with Crippen molar-refractivity contribution in [1.29, 1.82) is 0 Å². The highest BCUT2D eigenvalue weighted by atomic mass is 16.5. The van der Waals surface area contributed by atoms with Crippen LogP contribution in [-0.4, -0.2) is 32.0 Å². The van der Waals surface area contributed by atoms with Crippen molar-refractivity contribution in [3.8, 4) is 0 Å². The number of esters is 1. The van der Waals surface area contributed by atoms with Gasteiger partial charge in [-0.15, -0.1) is 0 Å². The van der Waals surface area contributed by atoms with E-state index in [1.54, 1.807) is 0 Å². The number of aldehydes is 1. The molecular formula is C17H33NO3. The van der Waals surface area contributed by atoms with E-state index in [0.29, 0.717) is 19.4 Å². The summed E-state index contributed by atoms with van der Waals surface area (Å²) in [6.07, 6.45) is 11.9. The van der Waals surface area contributed by atoms with E-state index in [9.17, 15) is 9.59 Å². The van der Waals surface area contributed by atoms with Crippen molar-refractivity contribution in [2.24, 2.45) is 0 Å². The van der Waals surface area contributed by atoms with Crippen molar-refractivity contribution in [3.05, 3.63) is 0 Å². The molecule has 0 aliphatic heterocycles. The Hall–Kier alpha value is -0.900. The minimum atomic E-state index is -0.0470. The second-order valence-electron chi connectivity index (χ2n) is 5.50. The molecule has 0 fully saturated rings. The van der Waals surface area contributed by atoms with Gasteiger partial charge in [0.2, 0.25) is 0 Å². The van der Waals surface area contributed by atoms with Crippen molar-refractivity contribution in [1.82, 2.24) is 5.32 Å². The fraction of sp³-hybridized carbons (Fsp3) is 0.882. The van der Waals surface area contributed by atoms with Gasteiger partial charge in [0, 0.05) is 12.8 Å². The first-order chi connectivity index (χ1) is 10.3. The average Bonchev–Trinajstić information content (AvgIpc) is 2.49. The van der Waals surface area contributed by atoms with Crippen LogP contribution in [0.2, 0.25) is 0 Å². The van der Waals surface area contributed by atoms with Gasteiger partial charge in [0.1, 0.15) is 6.29 Å². The van der Waals surface area contributed by atoms with Crippen LogP contribution in [0.1, 0.15) is 77.6 Å². The van der Waals surface area contributed by atoms with E-state index in [4.69, 9.17) is 4.74 Å². The van der Waals surface area contributed by atoms with Crippen LogP contribution in [0.15, 0.2) is 0 Å². The van der Waals surface area contributed by atoms with Gasteiger partial charge in [-0.25, -0.2) is 0 Å². The third kappa shape index (κ3) is 17.0. The first-order valence-electron chi connectivity index (χ1n) is 8.61. The Morgan fingerprint density at radius 2 is 1.67 bits per heavy atom. The molecule has 0 rings (SSSR count). The maximum Gasteiger partial charge on any atom is 0.305 e. The van der Waals surface area contributed by atoms with Gasteiger partial charge >= 0.3 is 5.97 Å². The number of carbonyl (C=O) groups is 2. The molecule has 0 amide bonds. The second-order valence-corrected chi connectivity index (χ2v) is 5.50. The van der Waals surface area contributed by atoms with E-state index in [1.807, 2.05) is 0 Å². The van der Waals surface area contributed by atoms with Crippen LogP contribution < -0.4 is 5.32 Å². The molecule has 0 unspecified atom stereocenters. The summed E-state index contributed by atoms with van der Waals surface area (Å²) in [4.78, 5) is 21.5. The number of hydrogen-bond donors (Lipinski definition) is 1. The summed E-state index contributed by atoms with van der Waals surface area (Å²) in [5.41, 5.74) is 0. The van der Waals surface area contributed by atoms with E-state index >= 15 is 0 Å². The lowest BCUT2D eigenvalue weighted by atomic mass is 10.2. The topological polar surface area (TPSA) is 55.4 Å². The molecule has 0 saturated heterocycles. The Bertz CT molecular complexity index is 244. The van der Waals surface area contributed by atoms with Gasteiger partial charge in [-0.3, -0.25) is 4.79 Å². The summed E-state index contributed by atoms with van der Waals surface area (Å²) in [5.74, 6) is -0.0470. The van der Waals surface area contributed by atoms with Crippen molar-refractivity contribution in [2.45, 2.75) is 77.6 Å². The maximum atomic E-state index is 11.4. The van der Waals surface area contributed by atoms with Crippen LogP contribution in [0.5, 0.6) is 0 Å². The molecule has 4 heteroatoms. The molecule has 124 valence electrons. The monoisotopic (exact) mass is 299 g/mol. The molecule has 0 saturated carbocycles. The third-order valence-corrected chi connectivity index (χ3v) is 3.42. The summed E-state index contributed by atoms with van der Waals surface area (Å²) in [6.45, 7) is 4.76. The minimum Gasteiger partial charge on any atom is -0.466 e. The number of unbranched alkanes of at least 4 members (excludes halogenated alkanes) is 7. The zero-order valence-corrected chi connectivity index (χ0v) is 13.7. The quantitative estimate of drug-likeness (QED) is 0.269. The number of carbonyl (C=O) groups excluding carboxylic acids is 2. The van der Waals surface area contributed by atoms with Gasteiger partial charge in [0.05, 0.1) is 6.61 Å². The lowest BCUT2D eigenvalue weighted by Gasteiger charge is -2.05. The lowest BCUT2D eigenvalue weighted by Crippen LogP contribution is -2.16. The Kier molecular flexibility index (Phi) is 16.4. The van der Waals surface area contributed by atoms with Gasteiger partial charge in [-0.1, -0.05) is 32.6 Å². The normalized spacial score (nSPS) is 10.5. The summed E-state index contributed by atoms with van der Waals surface area (Å²) < 4.78 is 5.16. The molecule has 0 spiro atoms. The van der Waals surface area contributed by atoms with Crippen molar-refractivity contribution in [2.75, 3.05) is 19.7 Å². The van der Waals surface area contributed by atoms with Crippen LogP contribution >= 0.6 is 0 Å². The predicted octanol–water partition coefficient (Wildman–Crippen LogP) is 3.63. The van der Waals surface area contributed by atoms with Crippen molar-refractivity contribution >= 4 is 12.3 Å². The Morgan fingerprint density at radius 3 is 2.33 bits per heavy atom. The number of hydrogen-bond acceptors (Lipinski definition) is 4. The molecule has 21 heavy (non-hydrogen) atoms. The van der Waals surface area contributed by atoms with E-state index in [-0.39, 0.29) is 5.97 Å². The first-order valence-corrected chi connectivity index (χ1v) is 8.61. The molecule has 0 atom stereocenters. The predicted molar refractivity (Wildman–Crippen MR) is 86.4 cm³/mol. The van der Waals surface area contributed by atoms with Gasteiger partial charge in [0.15, 0.2) is 0 Å². The van der Waals surface area contributed by atoms with Crippen LogP contribution in [0.3, 0.4) is 0 Å². The van der Waals surface area contributed by atoms with E-state index in [1.165, 1.54) is 0 Å². The van der Waals surface area contributed by atoms with Crippen LogP contribution in [0, 0.1) is 0 Å². The van der Waals surface area contributed by atoms with Gasteiger partial charge < -0.3 is 14.8 Å². The molecule has 0 aromatic carbocycles. The van der Waals surface area contributed by atoms with Crippen LogP contribution in [0.4, 0.5) is 0 Å². The fourth-order valence-electron chi connectivity index (χ4n) is 2.09. The zero-order valence-electron chi connectivity index (χ0n) is 13.7. The van der Waals surface area contributed by atoms with Crippen molar-refractivity contribution < 1.29 is 14.3 Å². The Morgan fingerprint density at radius 1 is 0.952 bits per heavy atom. The van der Waals surface area contributed by atoms with Crippen LogP contribution in [0.25, 0.3) is 0 Å². The highest BCUT2D eigenvalue weighted by molar-refractivity contribution is 5.69. The largest absolute Gasteiger partial charge is 0.466 e. The maximum absolute atomic E-state index is 11.4. The number of nitrogens with one attached hydrogen (secondary N) is 1. The number of ether oxygens (including phenoxy) is 1. The molecule has 0 radical (unpaired) electrons. The molecule has 1 N–H and O–H groups in total. The van der Waals surface area contributed by atoms with Crippen molar-refractivity contribution in [3.63, 3.8) is 0 Å². The molecule has 0 aromatic heterocycles. The minimum absolute atomic E-state index is 0.0470. The fourth-order valence-corrected chi connectivity index (χ4v) is 2.09. The highest BCUT2D eigenvalue weighted by Crippen LogP contribution is 2.02. The van der Waals surface area contributed by atoms with E-state index in [0.717, 1.165) is 77.2 Å². The molecule has 0 aromatic rings. The molecule has 0 aliphatic rings. The molecular weight excluding hydrogens is 266 g/mol. The average molecular weight is 299 g/mol. The Balaban J connectivity index is 3.10. The first kappa shape index (κ1) is 20.1. The molecule has 0 aliphatic carbocycles. The van der Waals surface area contributed by atoms with Gasteiger partial charge in [-0.2, -0.15) is 0 Å². The highest BCUT2D eigenvalue weighted by Gasteiger charge is 2.01. The van der Waals surface area contributed by atoms with Crippen LogP contribution in [-0.2, 0) is 14.3 Å². The SMILES string of the molecule is CCCCCOC(=O)CCCCCNCCCCCC=O. The van der Waals surface area contributed by atoms with E-state index < -0.39 is 0 Å². The summed E-state index contributed by atoms with van der Waals surface area (Å²) in [5, 5.41) is 3.39. The lowest BCUT2D eigenvalue weighted by molar-refractivity contribution is -0.143. The third-order valence-electron chi connectivity index (χ3n) is 3.42. The molecule has 0 heterocycles. The summed E-state index contributed by atoms with van der Waals surface area (Å²) in [6, 6.07) is 0.